The lowest BCUT2D eigenvalue weighted by atomic mass is 10.0. The molecule has 5 heteroatoms. The highest BCUT2D eigenvalue weighted by Crippen LogP contribution is 2.19. The van der Waals surface area contributed by atoms with Crippen LogP contribution in [0.5, 0.6) is 0 Å². The van der Waals surface area contributed by atoms with E-state index in [1.807, 2.05) is 48.5 Å². The zero-order valence-electron chi connectivity index (χ0n) is 34.9. The van der Waals surface area contributed by atoms with Crippen LogP contribution < -0.4 is 10.6 Å². The Bertz CT molecular complexity index is 1000. The Hall–Kier alpha value is -1.59. The Kier molecular flexibility index (Phi) is 33.3. The molecule has 0 saturated heterocycles. The molecule has 0 heterocycles. The van der Waals surface area contributed by atoms with E-state index in [0.717, 1.165) is 47.1 Å². The lowest BCUT2D eigenvalue weighted by Gasteiger charge is -2.09. The van der Waals surface area contributed by atoms with Crippen LogP contribution in [0.25, 0.3) is 0 Å². The molecule has 2 N–H and O–H groups in total. The van der Waals surface area contributed by atoms with Crippen molar-refractivity contribution in [3.63, 3.8) is 0 Å². The first-order chi connectivity index (χ1) is 26.7. The molecule has 3 nitrogen and oxygen atoms in total. The molecular formula is C49H84N2OS2. The summed E-state index contributed by atoms with van der Waals surface area (Å²) in [5.74, 6) is 2.18. The van der Waals surface area contributed by atoms with Crippen molar-refractivity contribution in [2.24, 2.45) is 0 Å². The van der Waals surface area contributed by atoms with Crippen molar-refractivity contribution >= 4 is 42.4 Å². The molecule has 0 unspecified atom stereocenters. The molecule has 0 amide bonds. The van der Waals surface area contributed by atoms with Crippen molar-refractivity contribution in [3.05, 3.63) is 59.7 Å². The molecule has 2 rings (SSSR count). The first-order valence-corrected chi connectivity index (χ1v) is 24.5. The number of hydrogen-bond donors (Lipinski definition) is 4. The molecule has 0 aliphatic heterocycles. The van der Waals surface area contributed by atoms with E-state index in [1.54, 1.807) is 0 Å². The van der Waals surface area contributed by atoms with E-state index < -0.39 is 0 Å². The summed E-state index contributed by atoms with van der Waals surface area (Å²) in [6.07, 6.45) is 44.1. The molecule has 0 spiro atoms. The number of ketones is 1. The molecular weight excluding hydrogens is 697 g/mol. The van der Waals surface area contributed by atoms with E-state index in [0.29, 0.717) is 0 Å². The number of thiol groups is 2. The third-order valence-electron chi connectivity index (χ3n) is 11.1. The number of anilines is 2. The average molecular weight is 781 g/mol. The van der Waals surface area contributed by atoms with Crippen molar-refractivity contribution in [3.8, 4) is 0 Å². The van der Waals surface area contributed by atoms with E-state index in [4.69, 9.17) is 0 Å². The van der Waals surface area contributed by atoms with Crippen LogP contribution in [0.2, 0.25) is 0 Å². The number of benzene rings is 2. The zero-order valence-corrected chi connectivity index (χ0v) is 36.7. The van der Waals surface area contributed by atoms with Gasteiger partial charge in [-0.1, -0.05) is 180 Å². The first kappa shape index (κ1) is 48.6. The highest BCUT2D eigenvalue weighted by molar-refractivity contribution is 7.80. The molecule has 308 valence electrons. The third kappa shape index (κ3) is 27.9. The van der Waals surface area contributed by atoms with E-state index in [2.05, 4.69) is 35.9 Å². The second kappa shape index (κ2) is 37.0. The first-order valence-electron chi connectivity index (χ1n) is 23.2. The molecule has 0 bridgehead atoms. The van der Waals surface area contributed by atoms with E-state index >= 15 is 0 Å². The summed E-state index contributed by atoms with van der Waals surface area (Å²) in [4.78, 5) is 13.1. The summed E-state index contributed by atoms with van der Waals surface area (Å²) in [5, 5.41) is 7.09. The van der Waals surface area contributed by atoms with Crippen LogP contribution in [-0.4, -0.2) is 30.4 Å². The van der Waals surface area contributed by atoms with Crippen molar-refractivity contribution < 1.29 is 4.79 Å². The summed E-state index contributed by atoms with van der Waals surface area (Å²) in [5.41, 5.74) is 3.70. The fraction of sp³-hybridized carbons (Fsp3) is 0.735. The van der Waals surface area contributed by atoms with Gasteiger partial charge in [-0.2, -0.15) is 25.3 Å². The van der Waals surface area contributed by atoms with Gasteiger partial charge in [-0.15, -0.1) is 0 Å². The highest BCUT2D eigenvalue weighted by Gasteiger charge is 2.09. The summed E-state index contributed by atoms with van der Waals surface area (Å²) in [6, 6.07) is 16.0. The van der Waals surface area contributed by atoms with Crippen LogP contribution in [-0.2, 0) is 0 Å². The normalized spacial score (nSPS) is 11.3. The fourth-order valence-corrected chi connectivity index (χ4v) is 7.98. The minimum atomic E-state index is 0.0882. The van der Waals surface area contributed by atoms with E-state index in [9.17, 15) is 4.79 Å². The van der Waals surface area contributed by atoms with Gasteiger partial charge >= 0.3 is 0 Å². The van der Waals surface area contributed by atoms with Crippen molar-refractivity contribution in [1.29, 1.82) is 0 Å². The van der Waals surface area contributed by atoms with Crippen LogP contribution in [0.4, 0.5) is 11.4 Å². The van der Waals surface area contributed by atoms with Gasteiger partial charge in [0.1, 0.15) is 0 Å². The number of hydrogen-bond acceptors (Lipinski definition) is 5. The largest absolute Gasteiger partial charge is 0.385 e. The minimum absolute atomic E-state index is 0.0882. The van der Waals surface area contributed by atoms with Crippen molar-refractivity contribution in [2.75, 3.05) is 35.2 Å². The number of rotatable bonds is 40. The number of carbonyl (C=O) groups is 1. The molecule has 0 aliphatic rings. The Labute approximate surface area is 346 Å². The second-order valence-corrected chi connectivity index (χ2v) is 17.0. The lowest BCUT2D eigenvalue weighted by Crippen LogP contribution is -2.05. The Morgan fingerprint density at radius 3 is 0.741 bits per heavy atom. The smallest absolute Gasteiger partial charge is 0.193 e. The standard InChI is InChI=1S/C49H84N2OS2/c52-49(45-33-37-47(38-34-45)50-41-29-25-21-17-13-9-5-1-3-7-11-15-19-23-27-31-43-53)46-35-39-48(40-36-46)51-42-30-26-22-18-14-10-6-2-4-8-12-16-20-24-28-32-44-54/h33-40,50-51,53-54H,1-32,41-44H2. The molecule has 0 fully saturated rings. The van der Waals surface area contributed by atoms with E-state index in [1.165, 1.54) is 205 Å². The zero-order chi connectivity index (χ0) is 38.4. The van der Waals surface area contributed by atoms with Gasteiger partial charge in [-0.05, 0) is 85.7 Å². The van der Waals surface area contributed by atoms with Gasteiger partial charge in [0.15, 0.2) is 5.78 Å². The molecule has 2 aromatic carbocycles. The molecule has 54 heavy (non-hydrogen) atoms. The maximum Gasteiger partial charge on any atom is 0.193 e. The number of nitrogens with one attached hydrogen (secondary N) is 2. The Balaban J connectivity index is 1.39. The quantitative estimate of drug-likeness (QED) is 0.0309. The van der Waals surface area contributed by atoms with Crippen LogP contribution >= 0.6 is 25.3 Å². The summed E-state index contributed by atoms with van der Waals surface area (Å²) in [7, 11) is 0. The third-order valence-corrected chi connectivity index (χ3v) is 11.8. The molecule has 0 atom stereocenters. The highest BCUT2D eigenvalue weighted by atomic mass is 32.1. The SMILES string of the molecule is O=C(c1ccc(NCCCCCCCCCCCCCCCCCCS)cc1)c1ccc(NCCCCCCCCCCCCCCCCCCS)cc1. The molecule has 0 aliphatic carbocycles. The van der Waals surface area contributed by atoms with Gasteiger partial charge in [0.05, 0.1) is 0 Å². The fourth-order valence-electron chi connectivity index (χ4n) is 7.53. The molecule has 0 radical (unpaired) electrons. The maximum atomic E-state index is 13.1. The van der Waals surface area contributed by atoms with Crippen LogP contribution in [0.15, 0.2) is 48.5 Å². The van der Waals surface area contributed by atoms with Gasteiger partial charge in [-0.25, -0.2) is 0 Å². The number of unbranched alkanes of at least 4 members (excludes halogenated alkanes) is 30. The van der Waals surface area contributed by atoms with Crippen molar-refractivity contribution in [2.45, 2.75) is 205 Å². The molecule has 0 saturated carbocycles. The maximum absolute atomic E-state index is 13.1. The molecule has 2 aromatic rings. The monoisotopic (exact) mass is 781 g/mol. The van der Waals surface area contributed by atoms with Crippen LogP contribution in [0, 0.1) is 0 Å². The van der Waals surface area contributed by atoms with Gasteiger partial charge in [-0.3, -0.25) is 4.79 Å². The van der Waals surface area contributed by atoms with Gasteiger partial charge in [0, 0.05) is 35.6 Å². The lowest BCUT2D eigenvalue weighted by molar-refractivity contribution is 0.103. The van der Waals surface area contributed by atoms with Crippen LogP contribution in [0.3, 0.4) is 0 Å². The number of carbonyl (C=O) groups excluding carboxylic acids is 1. The summed E-state index contributed by atoms with van der Waals surface area (Å²) < 4.78 is 0. The summed E-state index contributed by atoms with van der Waals surface area (Å²) >= 11 is 8.58. The average Bonchev–Trinajstić information content (AvgIpc) is 3.20. The van der Waals surface area contributed by atoms with Gasteiger partial charge in [0.2, 0.25) is 0 Å². The predicted molar refractivity (Wildman–Crippen MR) is 249 cm³/mol. The van der Waals surface area contributed by atoms with E-state index in [-0.39, 0.29) is 5.78 Å². The van der Waals surface area contributed by atoms with Gasteiger partial charge < -0.3 is 10.6 Å². The predicted octanol–water partition coefficient (Wildman–Crippen LogP) is 16.1. The molecule has 0 aromatic heterocycles. The second-order valence-electron chi connectivity index (χ2n) is 16.1. The topological polar surface area (TPSA) is 41.1 Å². The van der Waals surface area contributed by atoms with Crippen molar-refractivity contribution in [1.82, 2.24) is 0 Å². The Morgan fingerprint density at radius 2 is 0.519 bits per heavy atom. The van der Waals surface area contributed by atoms with Gasteiger partial charge in [0.25, 0.3) is 0 Å². The summed E-state index contributed by atoms with van der Waals surface area (Å²) in [6.45, 7) is 1.99. The minimum Gasteiger partial charge on any atom is -0.385 e. The van der Waals surface area contributed by atoms with Crippen LogP contribution in [0.1, 0.15) is 221 Å². The Morgan fingerprint density at radius 1 is 0.315 bits per heavy atom.